The number of nitrogens with two attached hydrogens (primary N) is 1. The predicted octanol–water partition coefficient (Wildman–Crippen LogP) is 5.72. The van der Waals surface area contributed by atoms with Crippen molar-refractivity contribution in [1.82, 2.24) is 4.57 Å². The average molecular weight is 462 g/mol. The molecule has 3 heteroatoms. The van der Waals surface area contributed by atoms with Crippen LogP contribution in [-0.4, -0.2) is 22.3 Å². The van der Waals surface area contributed by atoms with Crippen molar-refractivity contribution in [3.8, 4) is 22.4 Å². The molecule has 0 saturated heterocycles. The highest BCUT2D eigenvalue weighted by molar-refractivity contribution is 6.06. The Kier molecular flexibility index (Phi) is 6.80. The van der Waals surface area contributed by atoms with E-state index in [4.69, 9.17) is 0 Å². The molecule has 0 spiro atoms. The van der Waals surface area contributed by atoms with Crippen LogP contribution in [0.25, 0.3) is 33.3 Å². The summed E-state index contributed by atoms with van der Waals surface area (Å²) in [5, 5.41) is 14.6. The van der Waals surface area contributed by atoms with E-state index in [9.17, 15) is 5.11 Å². The Hall–Kier alpha value is -3.66. The second-order valence-corrected chi connectivity index (χ2v) is 9.41. The third-order valence-electron chi connectivity index (χ3n) is 6.66. The van der Waals surface area contributed by atoms with Crippen molar-refractivity contribution in [2.24, 2.45) is 0 Å². The molecule has 5 rings (SSSR count). The summed E-state index contributed by atoms with van der Waals surface area (Å²) < 4.78 is 2.35. The molecule has 35 heavy (non-hydrogen) atoms. The molecule has 3 N–H and O–H groups in total. The Balaban J connectivity index is 1.59. The molecule has 0 amide bonds. The van der Waals surface area contributed by atoms with E-state index < -0.39 is 6.10 Å². The molecule has 1 heterocycles. The smallest absolute Gasteiger partial charge is 0.121 e. The Bertz CT molecular complexity index is 1410. The first-order valence-corrected chi connectivity index (χ1v) is 12.4. The van der Waals surface area contributed by atoms with Crippen LogP contribution < -0.4 is 5.32 Å². The van der Waals surface area contributed by atoms with Gasteiger partial charge in [-0.15, -0.1) is 0 Å². The van der Waals surface area contributed by atoms with Crippen LogP contribution >= 0.6 is 0 Å². The number of aliphatic hydroxyl groups excluding tert-OH is 1. The number of aliphatic hydroxyl groups is 1. The summed E-state index contributed by atoms with van der Waals surface area (Å²) in [6.45, 7) is 6.40. The first kappa shape index (κ1) is 23.1. The fourth-order valence-corrected chi connectivity index (χ4v) is 5.20. The number of benzene rings is 4. The summed E-state index contributed by atoms with van der Waals surface area (Å²) in [4.78, 5) is 0. The van der Waals surface area contributed by atoms with Crippen LogP contribution in [0.3, 0.4) is 0 Å². The molecule has 1 atom stereocenters. The third-order valence-corrected chi connectivity index (χ3v) is 6.66. The van der Waals surface area contributed by atoms with Gasteiger partial charge in [-0.1, -0.05) is 103 Å². The molecule has 1 aromatic heterocycles. The van der Waals surface area contributed by atoms with Crippen molar-refractivity contribution in [1.29, 1.82) is 0 Å². The molecule has 3 nitrogen and oxygen atoms in total. The largest absolute Gasteiger partial charge is 0.385 e. The van der Waals surface area contributed by atoms with Gasteiger partial charge in [-0.05, 0) is 36.6 Å². The molecular formula is C32H33N2O+. The van der Waals surface area contributed by atoms with Gasteiger partial charge in [-0.25, -0.2) is 0 Å². The molecule has 0 radical (unpaired) electrons. The number of fused-ring (bicyclic) bond motifs is 1. The van der Waals surface area contributed by atoms with Crippen molar-refractivity contribution >= 4 is 10.9 Å². The van der Waals surface area contributed by atoms with E-state index in [1.54, 1.807) is 0 Å². The van der Waals surface area contributed by atoms with Gasteiger partial charge in [0.05, 0.1) is 17.8 Å². The highest BCUT2D eigenvalue weighted by atomic mass is 16.3. The van der Waals surface area contributed by atoms with E-state index in [1.165, 1.54) is 50.0 Å². The van der Waals surface area contributed by atoms with Gasteiger partial charge in [0.15, 0.2) is 0 Å². The fraction of sp³-hybridized carbons (Fsp3) is 0.188. The number of rotatable bonds is 8. The lowest BCUT2D eigenvalue weighted by Crippen LogP contribution is -2.85. The summed E-state index contributed by atoms with van der Waals surface area (Å²) in [7, 11) is 0. The SMILES string of the molecule is Cc1cc(C)c2c(c1)c(-c1ccccc1)c(-c1ccccc1)n2C[C@H](O)C[NH2+]Cc1ccccc1. The Morgan fingerprint density at radius 3 is 2.03 bits per heavy atom. The molecule has 0 aliphatic carbocycles. The normalized spacial score (nSPS) is 12.2. The van der Waals surface area contributed by atoms with E-state index in [2.05, 4.69) is 121 Å². The van der Waals surface area contributed by atoms with Crippen LogP contribution in [0.15, 0.2) is 103 Å². The zero-order chi connectivity index (χ0) is 24.2. The van der Waals surface area contributed by atoms with Gasteiger partial charge < -0.3 is 15.0 Å². The van der Waals surface area contributed by atoms with Gasteiger partial charge >= 0.3 is 0 Å². The van der Waals surface area contributed by atoms with Crippen LogP contribution in [0.2, 0.25) is 0 Å². The molecule has 0 aliphatic heterocycles. The minimum absolute atomic E-state index is 0.471. The number of aromatic nitrogens is 1. The number of aryl methyl sites for hydroxylation is 2. The summed E-state index contributed by atoms with van der Waals surface area (Å²) in [5.74, 6) is 0. The maximum Gasteiger partial charge on any atom is 0.121 e. The molecule has 0 fully saturated rings. The van der Waals surface area contributed by atoms with Crippen molar-refractivity contribution in [2.75, 3.05) is 6.54 Å². The van der Waals surface area contributed by atoms with Gasteiger partial charge in [0.1, 0.15) is 19.2 Å². The third kappa shape index (κ3) is 4.93. The molecular weight excluding hydrogens is 428 g/mol. The van der Waals surface area contributed by atoms with E-state index >= 15 is 0 Å². The second-order valence-electron chi connectivity index (χ2n) is 9.41. The summed E-state index contributed by atoms with van der Waals surface area (Å²) in [6, 6.07) is 36.2. The van der Waals surface area contributed by atoms with Crippen molar-refractivity contribution < 1.29 is 10.4 Å². The second kappa shape index (κ2) is 10.3. The minimum Gasteiger partial charge on any atom is -0.385 e. The van der Waals surface area contributed by atoms with Crippen LogP contribution in [0.5, 0.6) is 0 Å². The highest BCUT2D eigenvalue weighted by Gasteiger charge is 2.23. The Labute approximate surface area is 207 Å². The summed E-state index contributed by atoms with van der Waals surface area (Å²) in [5.41, 5.74) is 9.73. The number of quaternary nitrogens is 1. The molecule has 0 unspecified atom stereocenters. The molecule has 176 valence electrons. The Morgan fingerprint density at radius 2 is 1.37 bits per heavy atom. The molecule has 0 aliphatic rings. The van der Waals surface area contributed by atoms with Gasteiger partial charge in [-0.3, -0.25) is 0 Å². The first-order valence-electron chi connectivity index (χ1n) is 12.4. The van der Waals surface area contributed by atoms with E-state index in [0.717, 1.165) is 6.54 Å². The number of hydrogen-bond acceptors (Lipinski definition) is 1. The number of nitrogens with zero attached hydrogens (tertiary/aromatic N) is 1. The predicted molar refractivity (Wildman–Crippen MR) is 145 cm³/mol. The van der Waals surface area contributed by atoms with E-state index in [1.807, 2.05) is 6.07 Å². The lowest BCUT2D eigenvalue weighted by Gasteiger charge is -2.17. The quantitative estimate of drug-likeness (QED) is 0.305. The molecule has 0 bridgehead atoms. The highest BCUT2D eigenvalue weighted by Crippen LogP contribution is 2.42. The average Bonchev–Trinajstić information content (AvgIpc) is 3.19. The Morgan fingerprint density at radius 1 is 0.771 bits per heavy atom. The van der Waals surface area contributed by atoms with Crippen LogP contribution in [0.4, 0.5) is 0 Å². The zero-order valence-corrected chi connectivity index (χ0v) is 20.5. The fourth-order valence-electron chi connectivity index (χ4n) is 5.20. The van der Waals surface area contributed by atoms with Gasteiger partial charge in [0.25, 0.3) is 0 Å². The lowest BCUT2D eigenvalue weighted by molar-refractivity contribution is -0.676. The standard InChI is InChI=1S/C32H32N2O/c1-23-18-24(2)31-29(19-23)30(26-14-8-4-9-15-26)32(27-16-10-5-11-17-27)34(31)22-28(35)21-33-20-25-12-6-3-7-13-25/h3-19,28,33,35H,20-22H2,1-2H3/p+1/t28-/m1/s1. The van der Waals surface area contributed by atoms with Crippen molar-refractivity contribution in [2.45, 2.75) is 33.0 Å². The topological polar surface area (TPSA) is 41.8 Å². The minimum atomic E-state index is -0.471. The molecule has 0 saturated carbocycles. The van der Waals surface area contributed by atoms with E-state index in [-0.39, 0.29) is 0 Å². The summed E-state index contributed by atoms with van der Waals surface area (Å²) in [6.07, 6.45) is -0.471. The van der Waals surface area contributed by atoms with E-state index in [0.29, 0.717) is 13.1 Å². The van der Waals surface area contributed by atoms with Gasteiger partial charge in [0.2, 0.25) is 0 Å². The van der Waals surface area contributed by atoms with Crippen LogP contribution in [0.1, 0.15) is 16.7 Å². The first-order chi connectivity index (χ1) is 17.1. The van der Waals surface area contributed by atoms with Crippen LogP contribution in [0, 0.1) is 13.8 Å². The van der Waals surface area contributed by atoms with Crippen molar-refractivity contribution in [3.63, 3.8) is 0 Å². The number of hydrogen-bond donors (Lipinski definition) is 2. The maximum atomic E-state index is 11.2. The molecule has 4 aromatic carbocycles. The molecule has 5 aromatic rings. The lowest BCUT2D eigenvalue weighted by atomic mass is 9.97. The summed E-state index contributed by atoms with van der Waals surface area (Å²) >= 11 is 0. The monoisotopic (exact) mass is 461 g/mol. The zero-order valence-electron chi connectivity index (χ0n) is 20.5. The van der Waals surface area contributed by atoms with Gasteiger partial charge in [-0.2, -0.15) is 0 Å². The maximum absolute atomic E-state index is 11.2. The van der Waals surface area contributed by atoms with Crippen LogP contribution in [-0.2, 0) is 13.1 Å². The van der Waals surface area contributed by atoms with Gasteiger partial charge in [0, 0.05) is 16.5 Å². The van der Waals surface area contributed by atoms with Crippen molar-refractivity contribution in [3.05, 3.63) is 120 Å².